The van der Waals surface area contributed by atoms with Gasteiger partial charge in [-0.3, -0.25) is 14.5 Å². The van der Waals surface area contributed by atoms with Crippen LogP contribution in [0.3, 0.4) is 0 Å². The molecule has 5 rings (SSSR count). The van der Waals surface area contributed by atoms with Gasteiger partial charge in [0.1, 0.15) is 28.6 Å². The summed E-state index contributed by atoms with van der Waals surface area (Å²) in [5.41, 5.74) is 6.58. The number of Topliss-reactive ketones (excluding diaryl/α,β-unsaturated/α-hetero) is 1. The minimum absolute atomic E-state index is 0.0163. The van der Waals surface area contributed by atoms with Crippen molar-refractivity contribution in [3.8, 4) is 22.6 Å². The predicted octanol–water partition coefficient (Wildman–Crippen LogP) is 2.77. The number of nitrogens with two attached hydrogens (primary N) is 1. The van der Waals surface area contributed by atoms with Crippen LogP contribution in [0.1, 0.15) is 29.5 Å². The Hall–Kier alpha value is -3.82. The molecule has 2 aromatic carbocycles. The Labute approximate surface area is 220 Å². The molecular weight excluding hydrogens is 488 g/mol. The summed E-state index contributed by atoms with van der Waals surface area (Å²) in [4.78, 5) is 27.7. The first kappa shape index (κ1) is 25.8. The van der Waals surface area contributed by atoms with Crippen LogP contribution in [-0.4, -0.2) is 69.9 Å². The number of primary amides is 1. The molecule has 3 aliphatic carbocycles. The van der Waals surface area contributed by atoms with Crippen molar-refractivity contribution in [2.75, 3.05) is 21.2 Å². The number of aliphatic hydroxyl groups is 3. The highest BCUT2D eigenvalue weighted by Crippen LogP contribution is 2.54. The van der Waals surface area contributed by atoms with Gasteiger partial charge < -0.3 is 30.9 Å². The molecule has 9 nitrogen and oxygen atoms in total. The normalized spacial score (nSPS) is 26.7. The molecule has 0 aromatic heterocycles. The van der Waals surface area contributed by atoms with Crippen LogP contribution in [0.4, 0.5) is 0 Å². The van der Waals surface area contributed by atoms with Crippen molar-refractivity contribution in [3.63, 3.8) is 0 Å². The van der Waals surface area contributed by atoms with Crippen molar-refractivity contribution in [3.05, 3.63) is 63.9 Å². The van der Waals surface area contributed by atoms with Crippen LogP contribution in [0.2, 0.25) is 0 Å². The summed E-state index contributed by atoms with van der Waals surface area (Å²) in [6.45, 7) is 1.96. The summed E-state index contributed by atoms with van der Waals surface area (Å²) in [7, 11) is 4.95. The number of likely N-dealkylation sites (N-methyl/N-ethyl adjacent to an activating group) is 1. The Bertz CT molecular complexity index is 1440. The second-order valence-corrected chi connectivity index (χ2v) is 10.8. The molecule has 0 spiro atoms. The molecule has 9 heteroatoms. The van der Waals surface area contributed by atoms with Crippen molar-refractivity contribution >= 4 is 17.4 Å². The summed E-state index contributed by atoms with van der Waals surface area (Å²) >= 11 is 0. The zero-order valence-electron chi connectivity index (χ0n) is 21.8. The molecule has 0 aliphatic heterocycles. The first-order valence-corrected chi connectivity index (χ1v) is 12.5. The lowest BCUT2D eigenvalue weighted by molar-refractivity contribution is -0.151. The van der Waals surface area contributed by atoms with Gasteiger partial charge in [-0.15, -0.1) is 0 Å². The topological polar surface area (TPSA) is 154 Å². The number of methoxy groups -OCH3 is 1. The highest BCUT2D eigenvalue weighted by Gasteiger charge is 2.60. The van der Waals surface area contributed by atoms with E-state index in [4.69, 9.17) is 10.5 Å². The van der Waals surface area contributed by atoms with E-state index in [2.05, 4.69) is 0 Å². The van der Waals surface area contributed by atoms with Gasteiger partial charge in [-0.25, -0.2) is 0 Å². The molecule has 0 heterocycles. The number of hydrogen-bond donors (Lipinski definition) is 5. The maximum Gasteiger partial charge on any atom is 0.248 e. The van der Waals surface area contributed by atoms with E-state index in [1.54, 1.807) is 32.2 Å². The molecule has 0 radical (unpaired) electrons. The fraction of sp³-hybridized carbons (Fsp3) is 0.379. The average molecular weight is 521 g/mol. The van der Waals surface area contributed by atoms with Gasteiger partial charge in [0.05, 0.1) is 24.3 Å². The fourth-order valence-electron chi connectivity index (χ4n) is 6.62. The molecule has 1 amide bonds. The number of carbonyl (C=O) groups is 2. The molecule has 0 bridgehead atoms. The lowest BCUT2D eigenvalue weighted by atomic mass is 9.57. The van der Waals surface area contributed by atoms with Gasteiger partial charge in [0.2, 0.25) is 5.91 Å². The van der Waals surface area contributed by atoms with Gasteiger partial charge in [0, 0.05) is 23.5 Å². The van der Waals surface area contributed by atoms with Gasteiger partial charge in [0.15, 0.2) is 5.78 Å². The van der Waals surface area contributed by atoms with Crippen molar-refractivity contribution < 1.29 is 34.8 Å². The molecule has 1 saturated carbocycles. The molecular formula is C29H32N2O7. The standard InChI is InChI=1S/C29H32N2O7/c1-13-5-8-21(38-4)16(9-13)15-6-7-20(32)23-17(15)10-14-11-19-24(31(2)3)25(33)18(28(30)36)12-29(19,37)27(35)22(14)26(23)34/h5-9,14,19,24,32-34,37H,10-12H2,1-4H3,(H2,30,36). The molecule has 4 atom stereocenters. The zero-order chi connectivity index (χ0) is 27.7. The van der Waals surface area contributed by atoms with E-state index in [9.17, 15) is 30.0 Å². The Balaban J connectivity index is 1.71. The number of hydrogen-bond acceptors (Lipinski definition) is 8. The highest BCUT2D eigenvalue weighted by molar-refractivity contribution is 6.10. The Morgan fingerprint density at radius 2 is 1.84 bits per heavy atom. The first-order valence-electron chi connectivity index (χ1n) is 12.5. The summed E-state index contributed by atoms with van der Waals surface area (Å²) in [5.74, 6) is -3.10. The molecule has 38 heavy (non-hydrogen) atoms. The summed E-state index contributed by atoms with van der Waals surface area (Å²) in [6.07, 6.45) is 0.103. The summed E-state index contributed by atoms with van der Waals surface area (Å²) < 4.78 is 5.59. The average Bonchev–Trinajstić information content (AvgIpc) is 2.85. The zero-order valence-corrected chi connectivity index (χ0v) is 21.8. The predicted molar refractivity (Wildman–Crippen MR) is 141 cm³/mol. The van der Waals surface area contributed by atoms with E-state index >= 15 is 0 Å². The number of phenolic OH excluding ortho intramolecular Hbond substituents is 1. The van der Waals surface area contributed by atoms with Crippen LogP contribution in [0.25, 0.3) is 16.9 Å². The Morgan fingerprint density at radius 1 is 1.13 bits per heavy atom. The van der Waals surface area contributed by atoms with Crippen LogP contribution in [0, 0.1) is 18.8 Å². The lowest BCUT2D eigenvalue weighted by Gasteiger charge is -2.51. The van der Waals surface area contributed by atoms with Crippen LogP contribution in [0.5, 0.6) is 11.5 Å². The third-order valence-electron chi connectivity index (χ3n) is 8.35. The third-order valence-corrected chi connectivity index (χ3v) is 8.35. The van der Waals surface area contributed by atoms with Crippen LogP contribution < -0.4 is 10.5 Å². The van der Waals surface area contributed by atoms with Crippen LogP contribution in [-0.2, 0) is 16.0 Å². The molecule has 200 valence electrons. The van der Waals surface area contributed by atoms with E-state index in [0.29, 0.717) is 17.7 Å². The second-order valence-electron chi connectivity index (χ2n) is 10.8. The van der Waals surface area contributed by atoms with Gasteiger partial charge in [-0.1, -0.05) is 17.7 Å². The lowest BCUT2D eigenvalue weighted by Crippen LogP contribution is -2.62. The monoisotopic (exact) mass is 520 g/mol. The number of phenols is 1. The number of ketones is 1. The molecule has 4 unspecified atom stereocenters. The largest absolute Gasteiger partial charge is 0.510 e. The van der Waals surface area contributed by atoms with Gasteiger partial charge in [-0.2, -0.15) is 0 Å². The molecule has 3 aliphatic rings. The van der Waals surface area contributed by atoms with Crippen molar-refractivity contribution in [1.29, 1.82) is 0 Å². The van der Waals surface area contributed by atoms with Crippen molar-refractivity contribution in [2.24, 2.45) is 17.6 Å². The number of benzene rings is 2. The van der Waals surface area contributed by atoms with Gasteiger partial charge >= 0.3 is 0 Å². The van der Waals surface area contributed by atoms with Crippen molar-refractivity contribution in [2.45, 2.75) is 37.8 Å². The number of aliphatic hydroxyl groups excluding tert-OH is 2. The van der Waals surface area contributed by atoms with E-state index in [1.807, 2.05) is 25.1 Å². The minimum Gasteiger partial charge on any atom is -0.510 e. The van der Waals surface area contributed by atoms with Gasteiger partial charge in [0.25, 0.3) is 0 Å². The smallest absolute Gasteiger partial charge is 0.248 e. The number of rotatable bonds is 4. The number of nitrogens with zero attached hydrogens (tertiary/aromatic N) is 1. The van der Waals surface area contributed by atoms with Crippen LogP contribution in [0.15, 0.2) is 47.2 Å². The van der Waals surface area contributed by atoms with E-state index in [-0.39, 0.29) is 40.4 Å². The Morgan fingerprint density at radius 3 is 2.47 bits per heavy atom. The van der Waals surface area contributed by atoms with Gasteiger partial charge in [-0.05, 0) is 69.1 Å². The second kappa shape index (κ2) is 8.89. The number of amides is 1. The number of aryl methyl sites for hydroxylation is 1. The third kappa shape index (κ3) is 3.60. The molecule has 0 saturated heterocycles. The van der Waals surface area contributed by atoms with Crippen LogP contribution >= 0.6 is 0 Å². The van der Waals surface area contributed by atoms with E-state index in [0.717, 1.165) is 16.7 Å². The first-order chi connectivity index (χ1) is 17.9. The highest BCUT2D eigenvalue weighted by atomic mass is 16.5. The van der Waals surface area contributed by atoms with Crippen molar-refractivity contribution in [1.82, 2.24) is 4.90 Å². The molecule has 1 fully saturated rings. The molecule has 6 N–H and O–H groups in total. The SMILES string of the molecule is COc1ccc(C)cc1-c1ccc(O)c2c1CC1CC3C(N(C)C)C(O)=C(C(N)=O)CC3(O)C(=O)C1=C2O. The summed E-state index contributed by atoms with van der Waals surface area (Å²) in [6, 6.07) is 8.15. The Kier molecular flexibility index (Phi) is 6.04. The maximum atomic E-state index is 13.9. The number of ether oxygens (including phenoxy) is 1. The number of carbonyl (C=O) groups excluding carboxylic acids is 2. The quantitative estimate of drug-likeness (QED) is 0.412. The van der Waals surface area contributed by atoms with E-state index in [1.165, 1.54) is 6.07 Å². The fourth-order valence-corrected chi connectivity index (χ4v) is 6.62. The number of aromatic hydroxyl groups is 1. The number of fused-ring (bicyclic) bond motifs is 3. The minimum atomic E-state index is -2.06. The van der Waals surface area contributed by atoms with E-state index < -0.39 is 41.6 Å². The molecule has 2 aromatic rings. The summed E-state index contributed by atoms with van der Waals surface area (Å²) in [5, 5.41) is 45.0. The maximum absolute atomic E-state index is 13.9.